The number of hydrogen-bond acceptors (Lipinski definition) is 4. The standard InChI is InChI=1S/C27H42N2O4/c1-26(2,3)21-16-19(17-22(24(21)31)27(4,5)6)9-10-23(30)29-11-7-8-20(18-29)25(32)28-12-14-33-15-13-28/h16-17,20,31H,7-15,18H2,1-6H3/t20-/m0/s1. The molecule has 0 bridgehead atoms. The third-order valence-corrected chi connectivity index (χ3v) is 6.86. The number of phenolic OH excluding ortho intramolecular Hbond substituents is 1. The highest BCUT2D eigenvalue weighted by molar-refractivity contribution is 5.81. The van der Waals surface area contributed by atoms with E-state index in [4.69, 9.17) is 4.74 Å². The van der Waals surface area contributed by atoms with Crippen molar-refractivity contribution in [2.75, 3.05) is 39.4 Å². The lowest BCUT2D eigenvalue weighted by Crippen LogP contribution is -2.49. The number of piperidine rings is 1. The zero-order valence-electron chi connectivity index (χ0n) is 21.4. The van der Waals surface area contributed by atoms with Gasteiger partial charge < -0.3 is 19.6 Å². The van der Waals surface area contributed by atoms with E-state index < -0.39 is 0 Å². The summed E-state index contributed by atoms with van der Waals surface area (Å²) in [6.45, 7) is 16.3. The van der Waals surface area contributed by atoms with Gasteiger partial charge in [0.25, 0.3) is 0 Å². The normalized spacial score (nSPS) is 20.1. The maximum Gasteiger partial charge on any atom is 0.227 e. The van der Waals surface area contributed by atoms with Gasteiger partial charge >= 0.3 is 0 Å². The first kappa shape index (κ1) is 25.5. The lowest BCUT2D eigenvalue weighted by molar-refractivity contribution is -0.144. The molecular weight excluding hydrogens is 416 g/mol. The number of amides is 2. The molecule has 184 valence electrons. The number of phenols is 1. The van der Waals surface area contributed by atoms with Crippen molar-refractivity contribution in [1.29, 1.82) is 0 Å². The van der Waals surface area contributed by atoms with Crippen LogP contribution in [0.15, 0.2) is 12.1 Å². The fourth-order valence-electron chi connectivity index (χ4n) is 4.84. The summed E-state index contributed by atoms with van der Waals surface area (Å²) in [5, 5.41) is 10.9. The quantitative estimate of drug-likeness (QED) is 0.740. The van der Waals surface area contributed by atoms with Crippen LogP contribution in [0.3, 0.4) is 0 Å². The molecule has 2 fully saturated rings. The summed E-state index contributed by atoms with van der Waals surface area (Å²) in [5.41, 5.74) is 2.54. The molecule has 33 heavy (non-hydrogen) atoms. The lowest BCUT2D eigenvalue weighted by Gasteiger charge is -2.36. The van der Waals surface area contributed by atoms with Crippen molar-refractivity contribution in [1.82, 2.24) is 9.80 Å². The molecule has 1 atom stereocenters. The zero-order valence-corrected chi connectivity index (χ0v) is 21.4. The van der Waals surface area contributed by atoms with Gasteiger partial charge in [-0.15, -0.1) is 0 Å². The van der Waals surface area contributed by atoms with Crippen molar-refractivity contribution >= 4 is 11.8 Å². The zero-order chi connectivity index (χ0) is 24.4. The van der Waals surface area contributed by atoms with Crippen molar-refractivity contribution in [3.63, 3.8) is 0 Å². The minimum absolute atomic E-state index is 0.102. The van der Waals surface area contributed by atoms with E-state index in [1.807, 2.05) is 9.80 Å². The number of aryl methyl sites for hydroxylation is 1. The number of nitrogens with zero attached hydrogens (tertiary/aromatic N) is 2. The summed E-state index contributed by atoms with van der Waals surface area (Å²) in [4.78, 5) is 29.7. The SMILES string of the molecule is CC(C)(C)c1cc(CCC(=O)N2CCC[C@H](C(=O)N3CCOCC3)C2)cc(C(C)(C)C)c1O. The average molecular weight is 459 g/mol. The average Bonchev–Trinajstić information content (AvgIpc) is 2.76. The summed E-state index contributed by atoms with van der Waals surface area (Å²) in [7, 11) is 0. The van der Waals surface area contributed by atoms with Crippen LogP contribution in [0.4, 0.5) is 0 Å². The second-order valence-electron chi connectivity index (χ2n) is 11.7. The molecule has 6 nitrogen and oxygen atoms in total. The molecule has 0 saturated carbocycles. The maximum absolute atomic E-state index is 13.1. The van der Waals surface area contributed by atoms with Crippen LogP contribution in [0.5, 0.6) is 5.75 Å². The van der Waals surface area contributed by atoms with Crippen LogP contribution in [-0.2, 0) is 31.6 Å². The monoisotopic (exact) mass is 458 g/mol. The van der Waals surface area contributed by atoms with E-state index in [0.29, 0.717) is 51.4 Å². The molecule has 0 aliphatic carbocycles. The first-order valence-corrected chi connectivity index (χ1v) is 12.4. The number of rotatable bonds is 4. The fourth-order valence-corrected chi connectivity index (χ4v) is 4.84. The molecule has 0 aromatic heterocycles. The molecule has 3 rings (SSSR count). The number of benzene rings is 1. The van der Waals surface area contributed by atoms with Crippen molar-refractivity contribution in [2.45, 2.75) is 78.1 Å². The molecular formula is C27H42N2O4. The van der Waals surface area contributed by atoms with Gasteiger partial charge in [-0.05, 0) is 46.8 Å². The molecule has 2 saturated heterocycles. The number of likely N-dealkylation sites (tertiary alicyclic amines) is 1. The Hall–Kier alpha value is -2.08. The number of carbonyl (C=O) groups is 2. The van der Waals surface area contributed by atoms with Gasteiger partial charge in [0.2, 0.25) is 11.8 Å². The fraction of sp³-hybridized carbons (Fsp3) is 0.704. The summed E-state index contributed by atoms with van der Waals surface area (Å²) in [5.74, 6) is 0.538. The first-order valence-electron chi connectivity index (χ1n) is 12.4. The summed E-state index contributed by atoms with van der Waals surface area (Å²) < 4.78 is 5.36. The third-order valence-electron chi connectivity index (χ3n) is 6.86. The van der Waals surface area contributed by atoms with Crippen LogP contribution >= 0.6 is 0 Å². The Morgan fingerprint density at radius 3 is 2.09 bits per heavy atom. The molecule has 2 heterocycles. The Morgan fingerprint density at radius 1 is 0.970 bits per heavy atom. The molecule has 0 unspecified atom stereocenters. The number of carbonyl (C=O) groups excluding carboxylic acids is 2. The Bertz CT molecular complexity index is 825. The molecule has 6 heteroatoms. The predicted octanol–water partition coefficient (Wildman–Crippen LogP) is 4.02. The van der Waals surface area contributed by atoms with Crippen LogP contribution < -0.4 is 0 Å². The highest BCUT2D eigenvalue weighted by Crippen LogP contribution is 2.40. The maximum atomic E-state index is 13.1. The van der Waals surface area contributed by atoms with Crippen LogP contribution in [0.2, 0.25) is 0 Å². The van der Waals surface area contributed by atoms with E-state index in [-0.39, 0.29) is 28.6 Å². The number of aromatic hydroxyl groups is 1. The van der Waals surface area contributed by atoms with Crippen molar-refractivity contribution in [3.8, 4) is 5.75 Å². The number of ether oxygens (including phenoxy) is 1. The van der Waals surface area contributed by atoms with Crippen LogP contribution in [-0.4, -0.2) is 66.1 Å². The van der Waals surface area contributed by atoms with E-state index in [1.54, 1.807) is 0 Å². The molecule has 0 spiro atoms. The summed E-state index contributed by atoms with van der Waals surface area (Å²) >= 11 is 0. The third kappa shape index (κ3) is 6.28. The molecule has 1 aromatic rings. The minimum Gasteiger partial charge on any atom is -0.507 e. The van der Waals surface area contributed by atoms with Gasteiger partial charge in [-0.3, -0.25) is 9.59 Å². The molecule has 1 N–H and O–H groups in total. The summed E-state index contributed by atoms with van der Waals surface area (Å²) in [6, 6.07) is 4.11. The number of hydrogen-bond donors (Lipinski definition) is 1. The van der Waals surface area contributed by atoms with Crippen LogP contribution in [0.1, 0.15) is 77.5 Å². The Balaban J connectivity index is 1.68. The van der Waals surface area contributed by atoms with Crippen LogP contribution in [0, 0.1) is 5.92 Å². The van der Waals surface area contributed by atoms with E-state index in [0.717, 1.165) is 36.1 Å². The van der Waals surface area contributed by atoms with Gasteiger partial charge in [0, 0.05) is 32.6 Å². The summed E-state index contributed by atoms with van der Waals surface area (Å²) in [6.07, 6.45) is 2.76. The molecule has 2 amide bonds. The molecule has 1 aromatic carbocycles. The smallest absolute Gasteiger partial charge is 0.227 e. The van der Waals surface area contributed by atoms with Gasteiger partial charge in [-0.2, -0.15) is 0 Å². The largest absolute Gasteiger partial charge is 0.507 e. The van der Waals surface area contributed by atoms with E-state index in [1.165, 1.54) is 0 Å². The molecule has 2 aliphatic heterocycles. The first-order chi connectivity index (χ1) is 15.4. The topological polar surface area (TPSA) is 70.1 Å². The van der Waals surface area contributed by atoms with Crippen molar-refractivity contribution in [2.24, 2.45) is 5.92 Å². The van der Waals surface area contributed by atoms with Gasteiger partial charge in [0.15, 0.2) is 0 Å². The van der Waals surface area contributed by atoms with Gasteiger partial charge in [-0.1, -0.05) is 53.7 Å². The van der Waals surface area contributed by atoms with Crippen molar-refractivity contribution in [3.05, 3.63) is 28.8 Å². The highest BCUT2D eigenvalue weighted by atomic mass is 16.5. The van der Waals surface area contributed by atoms with E-state index in [9.17, 15) is 14.7 Å². The van der Waals surface area contributed by atoms with E-state index in [2.05, 4.69) is 53.7 Å². The highest BCUT2D eigenvalue weighted by Gasteiger charge is 2.32. The second kappa shape index (κ2) is 10.0. The predicted molar refractivity (Wildman–Crippen MR) is 131 cm³/mol. The van der Waals surface area contributed by atoms with Gasteiger partial charge in [0.1, 0.15) is 5.75 Å². The lowest BCUT2D eigenvalue weighted by atomic mass is 9.78. The number of morpholine rings is 1. The Labute approximate surface area is 199 Å². The Kier molecular flexibility index (Phi) is 7.77. The van der Waals surface area contributed by atoms with Crippen LogP contribution in [0.25, 0.3) is 0 Å². The van der Waals surface area contributed by atoms with Gasteiger partial charge in [0.05, 0.1) is 19.1 Å². The Morgan fingerprint density at radius 2 is 1.55 bits per heavy atom. The van der Waals surface area contributed by atoms with E-state index >= 15 is 0 Å². The molecule has 2 aliphatic rings. The minimum atomic E-state index is -0.190. The van der Waals surface area contributed by atoms with Gasteiger partial charge in [-0.25, -0.2) is 0 Å². The molecule has 0 radical (unpaired) electrons. The van der Waals surface area contributed by atoms with Crippen molar-refractivity contribution < 1.29 is 19.4 Å². The second-order valence-corrected chi connectivity index (χ2v) is 11.7.